The minimum Gasteiger partial charge on any atom is -0.400 e. The molecule has 2 saturated heterocycles. The van der Waals surface area contributed by atoms with Crippen LogP contribution in [0, 0.1) is 0 Å². The molecule has 0 spiro atoms. The Kier molecular flexibility index (Phi) is 3.41. The minimum atomic E-state index is -2.82. The van der Waals surface area contributed by atoms with Crippen molar-refractivity contribution in [3.05, 3.63) is 11.5 Å². The summed E-state index contributed by atoms with van der Waals surface area (Å²) in [7, 11) is -3.17. The first-order chi connectivity index (χ1) is 8.11. The topological polar surface area (TPSA) is 52.6 Å². The van der Waals surface area contributed by atoms with Crippen LogP contribution >= 0.6 is 0 Å². The number of sulfone groups is 1. The summed E-state index contributed by atoms with van der Waals surface area (Å²) >= 11 is 0. The fourth-order valence-corrected chi connectivity index (χ4v) is 3.47. The Morgan fingerprint density at radius 1 is 1.06 bits per heavy atom. The lowest BCUT2D eigenvalue weighted by Gasteiger charge is -2.32. The lowest BCUT2D eigenvalue weighted by molar-refractivity contribution is 0.00578. The van der Waals surface area contributed by atoms with Crippen molar-refractivity contribution >= 4 is 17.0 Å². The van der Waals surface area contributed by atoms with Gasteiger partial charge < -0.3 is 9.31 Å². The van der Waals surface area contributed by atoms with E-state index in [1.807, 2.05) is 33.7 Å². The van der Waals surface area contributed by atoms with E-state index in [0.717, 1.165) is 5.57 Å². The van der Waals surface area contributed by atoms with Crippen LogP contribution in [0.25, 0.3) is 0 Å². The second-order valence-electron chi connectivity index (χ2n) is 6.10. The fraction of sp³-hybridized carbons (Fsp3) is 0.833. The van der Waals surface area contributed by atoms with Crippen LogP contribution in [0.2, 0.25) is 0 Å². The van der Waals surface area contributed by atoms with Gasteiger partial charge >= 0.3 is 7.12 Å². The van der Waals surface area contributed by atoms with Gasteiger partial charge in [-0.2, -0.15) is 0 Å². The largest absolute Gasteiger partial charge is 0.487 e. The maximum absolute atomic E-state index is 11.3. The van der Waals surface area contributed by atoms with Crippen LogP contribution in [-0.2, 0) is 19.1 Å². The Hall–Kier alpha value is -0.325. The second kappa shape index (κ2) is 4.35. The van der Waals surface area contributed by atoms with Crippen LogP contribution < -0.4 is 0 Å². The first-order valence-electron chi connectivity index (χ1n) is 6.37. The maximum Gasteiger partial charge on any atom is 0.487 e. The smallest absolute Gasteiger partial charge is 0.400 e. The molecule has 0 aromatic rings. The second-order valence-corrected chi connectivity index (χ2v) is 8.41. The molecule has 0 radical (unpaired) electrons. The number of hydrogen-bond donors (Lipinski definition) is 0. The molecule has 0 atom stereocenters. The summed E-state index contributed by atoms with van der Waals surface area (Å²) in [6.45, 7) is 8.04. The van der Waals surface area contributed by atoms with Crippen LogP contribution in [0.5, 0.6) is 0 Å². The van der Waals surface area contributed by atoms with E-state index in [4.69, 9.17) is 9.31 Å². The SMILES string of the molecule is CC1(C)OB(C=C2CCS(=O)(=O)CC2)OC1(C)C. The van der Waals surface area contributed by atoms with Gasteiger partial charge in [0.05, 0.1) is 22.7 Å². The molecular formula is C12H21BO4S. The predicted molar refractivity (Wildman–Crippen MR) is 72.1 cm³/mol. The summed E-state index contributed by atoms with van der Waals surface area (Å²) in [6.07, 6.45) is 1.21. The monoisotopic (exact) mass is 272 g/mol. The van der Waals surface area contributed by atoms with E-state index in [1.54, 1.807) is 0 Å². The molecule has 2 heterocycles. The lowest BCUT2D eigenvalue weighted by Crippen LogP contribution is -2.41. The Bertz CT molecular complexity index is 432. The molecule has 0 aromatic carbocycles. The lowest BCUT2D eigenvalue weighted by atomic mass is 9.85. The van der Waals surface area contributed by atoms with Crippen LogP contribution in [0.4, 0.5) is 0 Å². The average Bonchev–Trinajstić information content (AvgIpc) is 2.39. The van der Waals surface area contributed by atoms with Crippen molar-refractivity contribution in [2.24, 2.45) is 0 Å². The summed E-state index contributed by atoms with van der Waals surface area (Å²) in [6, 6.07) is 0. The van der Waals surface area contributed by atoms with Gasteiger partial charge in [-0.3, -0.25) is 0 Å². The molecule has 0 saturated carbocycles. The Morgan fingerprint density at radius 2 is 1.50 bits per heavy atom. The van der Waals surface area contributed by atoms with Crippen LogP contribution in [0.3, 0.4) is 0 Å². The standard InChI is InChI=1S/C12H21BO4S/c1-11(2)12(3,4)17-13(16-11)9-10-5-7-18(14,15)8-6-10/h9H,5-8H2,1-4H3. The molecule has 2 aliphatic rings. The molecule has 2 aliphatic heterocycles. The van der Waals surface area contributed by atoms with Crippen molar-refractivity contribution in [2.75, 3.05) is 11.5 Å². The third-order valence-corrected chi connectivity index (χ3v) is 5.76. The molecule has 0 aromatic heterocycles. The molecule has 0 aliphatic carbocycles. The molecule has 102 valence electrons. The highest BCUT2D eigenvalue weighted by atomic mass is 32.2. The Labute approximate surface area is 110 Å². The van der Waals surface area contributed by atoms with Gasteiger partial charge in [0.2, 0.25) is 0 Å². The van der Waals surface area contributed by atoms with E-state index in [-0.39, 0.29) is 29.8 Å². The van der Waals surface area contributed by atoms with Crippen molar-refractivity contribution in [1.29, 1.82) is 0 Å². The normalized spacial score (nSPS) is 29.3. The third kappa shape index (κ3) is 2.81. The summed E-state index contributed by atoms with van der Waals surface area (Å²) in [5.41, 5.74) is 0.452. The molecule has 0 bridgehead atoms. The van der Waals surface area contributed by atoms with E-state index in [2.05, 4.69) is 0 Å². The number of rotatable bonds is 1. The quantitative estimate of drug-likeness (QED) is 0.682. The van der Waals surface area contributed by atoms with Gasteiger partial charge in [-0.25, -0.2) is 8.42 Å². The van der Waals surface area contributed by atoms with Crippen LogP contribution in [0.15, 0.2) is 11.5 Å². The van der Waals surface area contributed by atoms with Crippen molar-refractivity contribution in [1.82, 2.24) is 0 Å². The first-order valence-corrected chi connectivity index (χ1v) is 8.19. The first kappa shape index (κ1) is 14.1. The molecule has 0 N–H and O–H groups in total. The van der Waals surface area contributed by atoms with Gasteiger partial charge in [0.25, 0.3) is 0 Å². The van der Waals surface area contributed by atoms with Crippen LogP contribution in [-0.4, -0.2) is 38.2 Å². The van der Waals surface area contributed by atoms with Gasteiger partial charge in [0.15, 0.2) is 9.84 Å². The zero-order valence-electron chi connectivity index (χ0n) is 11.5. The van der Waals surface area contributed by atoms with E-state index < -0.39 is 9.84 Å². The van der Waals surface area contributed by atoms with Crippen molar-refractivity contribution in [3.8, 4) is 0 Å². The van der Waals surface area contributed by atoms with E-state index in [1.165, 1.54) is 0 Å². The van der Waals surface area contributed by atoms with E-state index in [9.17, 15) is 8.42 Å². The number of allylic oxidation sites excluding steroid dienone is 1. The Morgan fingerprint density at radius 3 is 1.94 bits per heavy atom. The van der Waals surface area contributed by atoms with E-state index >= 15 is 0 Å². The summed E-state index contributed by atoms with van der Waals surface area (Å²) in [5, 5.41) is 0. The zero-order valence-corrected chi connectivity index (χ0v) is 12.3. The fourth-order valence-electron chi connectivity index (χ4n) is 2.12. The average molecular weight is 272 g/mol. The van der Waals surface area contributed by atoms with Gasteiger partial charge in [0.1, 0.15) is 0 Å². The molecule has 18 heavy (non-hydrogen) atoms. The predicted octanol–water partition coefficient (Wildman–Crippen LogP) is 1.75. The minimum absolute atomic E-state index is 0.248. The van der Waals surface area contributed by atoms with E-state index in [0.29, 0.717) is 12.8 Å². The molecular weight excluding hydrogens is 251 g/mol. The maximum atomic E-state index is 11.3. The molecule has 0 amide bonds. The molecule has 6 heteroatoms. The molecule has 2 fully saturated rings. The Balaban J connectivity index is 2.04. The van der Waals surface area contributed by atoms with Gasteiger partial charge in [-0.05, 0) is 40.5 Å². The van der Waals surface area contributed by atoms with Crippen molar-refractivity contribution in [2.45, 2.75) is 51.7 Å². The zero-order chi connectivity index (χ0) is 13.6. The van der Waals surface area contributed by atoms with Crippen LogP contribution in [0.1, 0.15) is 40.5 Å². The third-order valence-electron chi connectivity index (χ3n) is 4.11. The summed E-state index contributed by atoms with van der Waals surface area (Å²) < 4.78 is 34.4. The highest BCUT2D eigenvalue weighted by Gasteiger charge is 2.50. The van der Waals surface area contributed by atoms with Gasteiger partial charge in [-0.15, -0.1) is 0 Å². The van der Waals surface area contributed by atoms with Crippen molar-refractivity contribution < 1.29 is 17.7 Å². The number of hydrogen-bond acceptors (Lipinski definition) is 4. The molecule has 4 nitrogen and oxygen atoms in total. The molecule has 0 unspecified atom stereocenters. The van der Waals surface area contributed by atoms with Gasteiger partial charge in [-0.1, -0.05) is 11.5 Å². The summed E-state index contributed by atoms with van der Waals surface area (Å²) in [4.78, 5) is 0. The highest BCUT2D eigenvalue weighted by molar-refractivity contribution is 7.91. The van der Waals surface area contributed by atoms with Crippen molar-refractivity contribution in [3.63, 3.8) is 0 Å². The molecule has 2 rings (SSSR count). The summed E-state index contributed by atoms with van der Waals surface area (Å²) in [5.74, 6) is 2.45. The highest BCUT2D eigenvalue weighted by Crippen LogP contribution is 2.37. The van der Waals surface area contributed by atoms with Gasteiger partial charge in [0, 0.05) is 0 Å².